The molecule has 0 radical (unpaired) electrons. The summed E-state index contributed by atoms with van der Waals surface area (Å²) in [6.45, 7) is 5.68. The van der Waals surface area contributed by atoms with Crippen molar-refractivity contribution in [2.75, 3.05) is 11.9 Å². The van der Waals surface area contributed by atoms with Crippen LogP contribution in [0.25, 0.3) is 0 Å². The molecule has 2 atom stereocenters. The maximum Gasteiger partial charge on any atom is 0.313 e. The van der Waals surface area contributed by atoms with Gasteiger partial charge < -0.3 is 15.4 Å². The van der Waals surface area contributed by atoms with E-state index in [1.807, 2.05) is 0 Å². The third-order valence-electron chi connectivity index (χ3n) is 4.17. The molecule has 2 N–H and O–H groups in total. The lowest BCUT2D eigenvalue weighted by Gasteiger charge is -2.20. The fourth-order valence-electron chi connectivity index (χ4n) is 2.76. The van der Waals surface area contributed by atoms with Gasteiger partial charge >= 0.3 is 11.8 Å². The van der Waals surface area contributed by atoms with Crippen molar-refractivity contribution in [1.82, 2.24) is 5.32 Å². The van der Waals surface area contributed by atoms with Crippen LogP contribution in [0.5, 0.6) is 0 Å². The summed E-state index contributed by atoms with van der Waals surface area (Å²) in [6.07, 6.45) is 1.68. The van der Waals surface area contributed by atoms with Crippen LogP contribution >= 0.6 is 0 Å². The second-order valence-electron chi connectivity index (χ2n) is 5.93. The van der Waals surface area contributed by atoms with Crippen molar-refractivity contribution in [2.45, 2.75) is 45.8 Å². The third-order valence-corrected chi connectivity index (χ3v) is 4.17. The highest BCUT2D eigenvalue weighted by Crippen LogP contribution is 2.28. The number of benzene rings is 1. The molecule has 0 bridgehead atoms. The first-order valence-corrected chi connectivity index (χ1v) is 7.79. The summed E-state index contributed by atoms with van der Waals surface area (Å²) in [5.41, 5.74) is 1.14. The van der Waals surface area contributed by atoms with Crippen molar-refractivity contribution in [1.29, 1.82) is 0 Å². The number of aryl methyl sites for hydroxylation is 1. The maximum atomic E-state index is 12.1. The number of nitro benzene ring substituents is 1. The minimum absolute atomic E-state index is 0.0944. The topological polar surface area (TPSA) is 111 Å². The van der Waals surface area contributed by atoms with Crippen molar-refractivity contribution in [3.05, 3.63) is 33.4 Å². The number of amides is 2. The van der Waals surface area contributed by atoms with E-state index in [1.54, 1.807) is 13.8 Å². The van der Waals surface area contributed by atoms with Crippen molar-refractivity contribution in [3.63, 3.8) is 0 Å². The standard InChI is InChI=1S/C16H21N3O5/c1-9-6-7-12(19(22)23)10(2)14(9)18-16(21)15(20)17-11(3)13-5-4-8-24-13/h6-7,11,13H,4-5,8H2,1-3H3,(H,17,20)(H,18,21)/t11-,13+/m0/s1. The van der Waals surface area contributed by atoms with E-state index in [2.05, 4.69) is 10.6 Å². The van der Waals surface area contributed by atoms with Gasteiger partial charge in [-0.25, -0.2) is 0 Å². The zero-order valence-corrected chi connectivity index (χ0v) is 13.9. The largest absolute Gasteiger partial charge is 0.376 e. The van der Waals surface area contributed by atoms with Gasteiger partial charge in [0, 0.05) is 12.7 Å². The Morgan fingerprint density at radius 3 is 2.62 bits per heavy atom. The number of ether oxygens (including phenoxy) is 1. The summed E-state index contributed by atoms with van der Waals surface area (Å²) in [5, 5.41) is 16.1. The molecule has 1 aliphatic rings. The van der Waals surface area contributed by atoms with Crippen LogP contribution in [-0.2, 0) is 14.3 Å². The zero-order chi connectivity index (χ0) is 17.9. The summed E-state index contributed by atoms with van der Waals surface area (Å²) in [5.74, 6) is -1.64. The van der Waals surface area contributed by atoms with E-state index in [9.17, 15) is 19.7 Å². The van der Waals surface area contributed by atoms with Gasteiger partial charge in [0.15, 0.2) is 0 Å². The van der Waals surface area contributed by atoms with Gasteiger partial charge in [0.1, 0.15) is 0 Å². The van der Waals surface area contributed by atoms with Crippen LogP contribution in [0, 0.1) is 24.0 Å². The van der Waals surface area contributed by atoms with Crippen LogP contribution in [-0.4, -0.2) is 35.5 Å². The number of anilines is 1. The minimum Gasteiger partial charge on any atom is -0.376 e. The normalized spacial score (nSPS) is 18.0. The Labute approximate surface area is 139 Å². The Kier molecular flexibility index (Phi) is 5.50. The molecule has 1 aliphatic heterocycles. The quantitative estimate of drug-likeness (QED) is 0.495. The monoisotopic (exact) mass is 335 g/mol. The van der Waals surface area contributed by atoms with Gasteiger partial charge in [0.05, 0.1) is 28.3 Å². The molecule has 0 aromatic heterocycles. The molecule has 1 aromatic carbocycles. The summed E-state index contributed by atoms with van der Waals surface area (Å²) in [6, 6.07) is 2.63. The number of rotatable bonds is 4. The number of carbonyl (C=O) groups excluding carboxylic acids is 2. The molecule has 0 aliphatic carbocycles. The van der Waals surface area contributed by atoms with Gasteiger partial charge in [-0.3, -0.25) is 19.7 Å². The molecule has 1 fully saturated rings. The molecular weight excluding hydrogens is 314 g/mol. The van der Waals surface area contributed by atoms with Gasteiger partial charge in [-0.1, -0.05) is 6.07 Å². The Hall–Kier alpha value is -2.48. The first-order valence-electron chi connectivity index (χ1n) is 7.79. The summed E-state index contributed by atoms with van der Waals surface area (Å²) < 4.78 is 5.47. The molecule has 2 amide bonds. The second kappa shape index (κ2) is 7.39. The molecule has 1 aromatic rings. The Morgan fingerprint density at radius 1 is 1.33 bits per heavy atom. The van der Waals surface area contributed by atoms with Crippen molar-refractivity contribution in [3.8, 4) is 0 Å². The van der Waals surface area contributed by atoms with Gasteiger partial charge in [-0.05, 0) is 39.2 Å². The molecule has 1 heterocycles. The fraction of sp³-hybridized carbons (Fsp3) is 0.500. The molecule has 0 spiro atoms. The lowest BCUT2D eigenvalue weighted by molar-refractivity contribution is -0.385. The minimum atomic E-state index is -0.855. The third kappa shape index (κ3) is 3.88. The molecule has 0 saturated carbocycles. The Balaban J connectivity index is 2.07. The predicted octanol–water partition coefficient (Wildman–Crippen LogP) is 1.83. The summed E-state index contributed by atoms with van der Waals surface area (Å²) in [4.78, 5) is 34.6. The van der Waals surface area contributed by atoms with Gasteiger partial charge in [-0.15, -0.1) is 0 Å². The molecule has 24 heavy (non-hydrogen) atoms. The zero-order valence-electron chi connectivity index (χ0n) is 13.9. The van der Waals surface area contributed by atoms with E-state index in [0.29, 0.717) is 17.7 Å². The van der Waals surface area contributed by atoms with E-state index >= 15 is 0 Å². The number of hydrogen-bond acceptors (Lipinski definition) is 5. The Morgan fingerprint density at radius 2 is 2.04 bits per heavy atom. The maximum absolute atomic E-state index is 12.1. The smallest absolute Gasteiger partial charge is 0.313 e. The average molecular weight is 335 g/mol. The van der Waals surface area contributed by atoms with Crippen LogP contribution in [0.2, 0.25) is 0 Å². The lowest BCUT2D eigenvalue weighted by atomic mass is 10.1. The van der Waals surface area contributed by atoms with Crippen LogP contribution in [0.4, 0.5) is 11.4 Å². The Bertz CT molecular complexity index is 668. The van der Waals surface area contributed by atoms with Gasteiger partial charge in [0.2, 0.25) is 0 Å². The number of nitro groups is 1. The van der Waals surface area contributed by atoms with Crippen molar-refractivity contribution < 1.29 is 19.2 Å². The van der Waals surface area contributed by atoms with Gasteiger partial charge in [-0.2, -0.15) is 0 Å². The van der Waals surface area contributed by atoms with Crippen molar-refractivity contribution >= 4 is 23.2 Å². The van der Waals surface area contributed by atoms with Crippen LogP contribution < -0.4 is 10.6 Å². The molecule has 130 valence electrons. The number of hydrogen-bond donors (Lipinski definition) is 2. The lowest BCUT2D eigenvalue weighted by Crippen LogP contribution is -2.45. The first kappa shape index (κ1) is 17.9. The molecule has 8 nitrogen and oxygen atoms in total. The predicted molar refractivity (Wildman–Crippen MR) is 87.8 cm³/mol. The average Bonchev–Trinajstić information content (AvgIpc) is 3.05. The fourth-order valence-corrected chi connectivity index (χ4v) is 2.76. The SMILES string of the molecule is Cc1ccc([N+](=O)[O-])c(C)c1NC(=O)C(=O)N[C@@H](C)[C@H]1CCCO1. The van der Waals surface area contributed by atoms with Crippen LogP contribution in [0.1, 0.15) is 30.9 Å². The molecule has 8 heteroatoms. The van der Waals surface area contributed by atoms with Crippen molar-refractivity contribution in [2.24, 2.45) is 0 Å². The van der Waals surface area contributed by atoms with Crippen LogP contribution in [0.3, 0.4) is 0 Å². The van der Waals surface area contributed by atoms with Gasteiger partial charge in [0.25, 0.3) is 5.69 Å². The highest BCUT2D eigenvalue weighted by Gasteiger charge is 2.26. The number of carbonyl (C=O) groups is 2. The number of nitrogens with zero attached hydrogens (tertiary/aromatic N) is 1. The van der Waals surface area contributed by atoms with E-state index in [0.717, 1.165) is 12.8 Å². The molecule has 0 unspecified atom stereocenters. The second-order valence-corrected chi connectivity index (χ2v) is 5.93. The first-order chi connectivity index (χ1) is 11.3. The highest BCUT2D eigenvalue weighted by atomic mass is 16.6. The van der Waals surface area contributed by atoms with Crippen LogP contribution in [0.15, 0.2) is 12.1 Å². The molecular formula is C16H21N3O5. The van der Waals surface area contributed by atoms with E-state index < -0.39 is 16.7 Å². The summed E-state index contributed by atoms with van der Waals surface area (Å²) in [7, 11) is 0. The molecule has 1 saturated heterocycles. The molecule has 2 rings (SSSR count). The van der Waals surface area contributed by atoms with E-state index in [4.69, 9.17) is 4.74 Å². The van der Waals surface area contributed by atoms with E-state index in [1.165, 1.54) is 19.1 Å². The number of nitrogens with one attached hydrogen (secondary N) is 2. The summed E-state index contributed by atoms with van der Waals surface area (Å²) >= 11 is 0. The highest BCUT2D eigenvalue weighted by molar-refractivity contribution is 6.39. The van der Waals surface area contributed by atoms with E-state index in [-0.39, 0.29) is 23.5 Å².